The Kier molecular flexibility index (Phi) is 2.60. The standard InChI is InChI=1S/C11H14O3/c1-7(12)4-5-9-8(10(13)14)6-11(9,2)3/h4-5H,6H2,1-3H3,(H,13,14)/b5-4+. The van der Waals surface area contributed by atoms with E-state index in [1.807, 2.05) is 13.8 Å². The zero-order chi connectivity index (χ0) is 10.9. The Bertz CT molecular complexity index is 346. The molecule has 1 aliphatic carbocycles. The summed E-state index contributed by atoms with van der Waals surface area (Å²) in [7, 11) is 0. The Labute approximate surface area is 83.1 Å². The van der Waals surface area contributed by atoms with Crippen molar-refractivity contribution >= 4 is 11.8 Å². The third kappa shape index (κ3) is 1.92. The monoisotopic (exact) mass is 194 g/mol. The molecule has 0 aromatic carbocycles. The van der Waals surface area contributed by atoms with Crippen LogP contribution in [0.15, 0.2) is 23.3 Å². The molecule has 0 saturated carbocycles. The van der Waals surface area contributed by atoms with Crippen molar-refractivity contribution in [3.8, 4) is 0 Å². The molecule has 0 heterocycles. The minimum Gasteiger partial charge on any atom is -0.478 e. The first-order valence-electron chi connectivity index (χ1n) is 4.50. The summed E-state index contributed by atoms with van der Waals surface area (Å²) in [5.41, 5.74) is 1.08. The van der Waals surface area contributed by atoms with Crippen LogP contribution in [-0.2, 0) is 9.59 Å². The van der Waals surface area contributed by atoms with Gasteiger partial charge in [-0.05, 0) is 30.4 Å². The first-order chi connectivity index (χ1) is 6.34. The topological polar surface area (TPSA) is 54.4 Å². The molecule has 1 aliphatic rings. The Balaban J connectivity index is 2.97. The van der Waals surface area contributed by atoms with Crippen LogP contribution < -0.4 is 0 Å². The third-order valence-corrected chi connectivity index (χ3v) is 2.42. The van der Waals surface area contributed by atoms with E-state index in [1.54, 1.807) is 6.08 Å². The fourth-order valence-electron chi connectivity index (χ4n) is 1.65. The maximum absolute atomic E-state index is 10.7. The van der Waals surface area contributed by atoms with Crippen LogP contribution in [0.3, 0.4) is 0 Å². The highest BCUT2D eigenvalue weighted by Gasteiger charge is 2.38. The molecule has 1 N–H and O–H groups in total. The smallest absolute Gasteiger partial charge is 0.331 e. The number of rotatable bonds is 3. The molecule has 1 rings (SSSR count). The second kappa shape index (κ2) is 3.40. The van der Waals surface area contributed by atoms with Crippen molar-refractivity contribution in [2.75, 3.05) is 0 Å². The molecule has 0 fully saturated rings. The van der Waals surface area contributed by atoms with Crippen LogP contribution in [0.4, 0.5) is 0 Å². The van der Waals surface area contributed by atoms with Gasteiger partial charge in [0, 0.05) is 5.57 Å². The second-order valence-electron chi connectivity index (χ2n) is 4.20. The number of carboxylic acid groups (broad SMARTS) is 1. The van der Waals surface area contributed by atoms with Crippen LogP contribution in [0.5, 0.6) is 0 Å². The number of carbonyl (C=O) groups is 2. The van der Waals surface area contributed by atoms with E-state index in [4.69, 9.17) is 5.11 Å². The highest BCUT2D eigenvalue weighted by Crippen LogP contribution is 2.46. The summed E-state index contributed by atoms with van der Waals surface area (Å²) in [6, 6.07) is 0. The number of aliphatic carboxylic acids is 1. The van der Waals surface area contributed by atoms with E-state index in [0.29, 0.717) is 12.0 Å². The fourth-order valence-corrected chi connectivity index (χ4v) is 1.65. The molecule has 0 aromatic rings. The third-order valence-electron chi connectivity index (χ3n) is 2.42. The van der Waals surface area contributed by atoms with Crippen molar-refractivity contribution in [1.82, 2.24) is 0 Å². The molecule has 14 heavy (non-hydrogen) atoms. The summed E-state index contributed by atoms with van der Waals surface area (Å²) in [5, 5.41) is 8.82. The van der Waals surface area contributed by atoms with E-state index < -0.39 is 5.97 Å². The SMILES string of the molecule is CC(=O)/C=C/C1=C(C(=O)O)CC1(C)C. The summed E-state index contributed by atoms with van der Waals surface area (Å²) in [5.74, 6) is -0.947. The number of carbonyl (C=O) groups excluding carboxylic acids is 1. The predicted molar refractivity (Wildman–Crippen MR) is 52.9 cm³/mol. The average Bonchev–Trinajstić information content (AvgIpc) is 1.99. The van der Waals surface area contributed by atoms with Crippen molar-refractivity contribution < 1.29 is 14.7 Å². The Morgan fingerprint density at radius 1 is 1.43 bits per heavy atom. The lowest BCUT2D eigenvalue weighted by Gasteiger charge is -2.37. The van der Waals surface area contributed by atoms with Crippen LogP contribution in [0.25, 0.3) is 0 Å². The van der Waals surface area contributed by atoms with Crippen LogP contribution in [0, 0.1) is 5.41 Å². The summed E-state index contributed by atoms with van der Waals surface area (Å²) in [4.78, 5) is 21.5. The van der Waals surface area contributed by atoms with Gasteiger partial charge in [0.1, 0.15) is 0 Å². The predicted octanol–water partition coefficient (Wildman–Crippen LogP) is 1.94. The molecule has 3 nitrogen and oxygen atoms in total. The molecule has 0 bridgehead atoms. The molecule has 3 heteroatoms. The van der Waals surface area contributed by atoms with Gasteiger partial charge in [0.2, 0.25) is 0 Å². The molecule has 76 valence electrons. The number of allylic oxidation sites excluding steroid dienone is 3. The molecule has 0 aromatic heterocycles. The van der Waals surface area contributed by atoms with Crippen LogP contribution in [-0.4, -0.2) is 16.9 Å². The van der Waals surface area contributed by atoms with Crippen LogP contribution >= 0.6 is 0 Å². The van der Waals surface area contributed by atoms with E-state index in [2.05, 4.69) is 0 Å². The minimum absolute atomic E-state index is 0.0649. The van der Waals surface area contributed by atoms with Crippen molar-refractivity contribution in [3.63, 3.8) is 0 Å². The molecule has 0 unspecified atom stereocenters. The van der Waals surface area contributed by atoms with Crippen molar-refractivity contribution in [3.05, 3.63) is 23.3 Å². The van der Waals surface area contributed by atoms with Gasteiger partial charge in [-0.15, -0.1) is 0 Å². The first-order valence-corrected chi connectivity index (χ1v) is 4.50. The van der Waals surface area contributed by atoms with E-state index in [9.17, 15) is 9.59 Å². The minimum atomic E-state index is -0.882. The molecular weight excluding hydrogens is 180 g/mol. The number of carboxylic acids is 1. The number of ketones is 1. The lowest BCUT2D eigenvalue weighted by Crippen LogP contribution is -2.30. The Morgan fingerprint density at radius 3 is 2.36 bits per heavy atom. The zero-order valence-electron chi connectivity index (χ0n) is 8.63. The summed E-state index contributed by atoms with van der Waals surface area (Å²) in [6.07, 6.45) is 3.61. The molecule has 0 aliphatic heterocycles. The van der Waals surface area contributed by atoms with Gasteiger partial charge in [-0.25, -0.2) is 4.79 Å². The van der Waals surface area contributed by atoms with Crippen LogP contribution in [0.1, 0.15) is 27.2 Å². The zero-order valence-corrected chi connectivity index (χ0v) is 8.63. The summed E-state index contributed by atoms with van der Waals surface area (Å²) < 4.78 is 0. The second-order valence-corrected chi connectivity index (χ2v) is 4.20. The highest BCUT2D eigenvalue weighted by atomic mass is 16.4. The summed E-state index contributed by atoms with van der Waals surface area (Å²) >= 11 is 0. The van der Waals surface area contributed by atoms with Gasteiger partial charge in [0.25, 0.3) is 0 Å². The Hall–Kier alpha value is -1.38. The van der Waals surface area contributed by atoms with E-state index in [0.717, 1.165) is 5.57 Å². The van der Waals surface area contributed by atoms with Gasteiger partial charge in [0.15, 0.2) is 5.78 Å². The average molecular weight is 194 g/mol. The maximum Gasteiger partial charge on any atom is 0.331 e. The molecule has 0 saturated heterocycles. The highest BCUT2D eigenvalue weighted by molar-refractivity contribution is 5.93. The number of hydrogen-bond acceptors (Lipinski definition) is 2. The van der Waals surface area contributed by atoms with Crippen molar-refractivity contribution in [2.45, 2.75) is 27.2 Å². The molecule has 0 amide bonds. The molecule has 0 spiro atoms. The quantitative estimate of drug-likeness (QED) is 0.698. The van der Waals surface area contributed by atoms with Gasteiger partial charge in [-0.2, -0.15) is 0 Å². The van der Waals surface area contributed by atoms with Crippen LogP contribution in [0.2, 0.25) is 0 Å². The lowest BCUT2D eigenvalue weighted by atomic mass is 9.66. The molecule has 0 atom stereocenters. The maximum atomic E-state index is 10.7. The van der Waals surface area contributed by atoms with Crippen molar-refractivity contribution in [1.29, 1.82) is 0 Å². The molecule has 0 radical (unpaired) electrons. The first kappa shape index (κ1) is 10.7. The summed E-state index contributed by atoms with van der Waals surface area (Å²) in [6.45, 7) is 5.39. The fraction of sp³-hybridized carbons (Fsp3) is 0.455. The normalized spacial score (nSPS) is 19.6. The van der Waals surface area contributed by atoms with E-state index in [-0.39, 0.29) is 11.2 Å². The largest absolute Gasteiger partial charge is 0.478 e. The van der Waals surface area contributed by atoms with Gasteiger partial charge in [0.05, 0.1) is 0 Å². The van der Waals surface area contributed by atoms with Gasteiger partial charge in [-0.1, -0.05) is 19.9 Å². The lowest BCUT2D eigenvalue weighted by molar-refractivity contribution is -0.133. The van der Waals surface area contributed by atoms with Gasteiger partial charge in [-0.3, -0.25) is 4.79 Å². The van der Waals surface area contributed by atoms with Gasteiger partial charge >= 0.3 is 5.97 Å². The Morgan fingerprint density at radius 2 is 2.00 bits per heavy atom. The van der Waals surface area contributed by atoms with E-state index in [1.165, 1.54) is 13.0 Å². The molecular formula is C11H14O3. The van der Waals surface area contributed by atoms with E-state index >= 15 is 0 Å². The van der Waals surface area contributed by atoms with Gasteiger partial charge < -0.3 is 5.11 Å². The number of hydrogen-bond donors (Lipinski definition) is 1. The van der Waals surface area contributed by atoms with Crippen molar-refractivity contribution in [2.24, 2.45) is 5.41 Å².